The van der Waals surface area contributed by atoms with Gasteiger partial charge in [0.05, 0.1) is 0 Å². The molecule has 0 amide bonds. The molecule has 0 aromatic heterocycles. The van der Waals surface area contributed by atoms with Crippen molar-refractivity contribution in [2.75, 3.05) is 0 Å². The van der Waals surface area contributed by atoms with Crippen molar-refractivity contribution in [3.05, 3.63) is 35.4 Å². The highest BCUT2D eigenvalue weighted by Crippen LogP contribution is 2.20. The predicted molar refractivity (Wildman–Crippen MR) is 126 cm³/mol. The van der Waals surface area contributed by atoms with Gasteiger partial charge in [-0.2, -0.15) is 0 Å². The Balaban J connectivity index is 2.28. The third kappa shape index (κ3) is 11.6. The minimum atomic E-state index is -0.915. The molecule has 0 saturated carbocycles. The molecule has 1 aromatic carbocycles. The largest absolute Gasteiger partial charge is 0.480 e. The first-order valence-electron chi connectivity index (χ1n) is 11.6. The van der Waals surface area contributed by atoms with Crippen LogP contribution in [0.15, 0.2) is 24.3 Å². The first-order chi connectivity index (χ1) is 14.5. The Hall–Kier alpha value is -1.49. The number of aryl methyl sites for hydroxylation is 1. The molecule has 170 valence electrons. The van der Waals surface area contributed by atoms with E-state index >= 15 is 0 Å². The van der Waals surface area contributed by atoms with Crippen LogP contribution < -0.4 is 0 Å². The van der Waals surface area contributed by atoms with Gasteiger partial charge in [0.25, 0.3) is 0 Å². The zero-order valence-electron chi connectivity index (χ0n) is 19.0. The van der Waals surface area contributed by atoms with Crippen LogP contribution in [-0.2, 0) is 27.4 Å². The first kappa shape index (κ1) is 26.5. The molecule has 0 heterocycles. The first-order valence-corrected chi connectivity index (χ1v) is 12.5. The van der Waals surface area contributed by atoms with Crippen molar-refractivity contribution in [1.82, 2.24) is 0 Å². The minimum Gasteiger partial charge on any atom is -0.480 e. The van der Waals surface area contributed by atoms with Gasteiger partial charge >= 0.3 is 11.9 Å². The summed E-state index contributed by atoms with van der Waals surface area (Å²) in [5.74, 6) is -1.27. The number of hydrogen-bond donors (Lipinski definition) is 1. The fourth-order valence-electron chi connectivity index (χ4n) is 3.43. The van der Waals surface area contributed by atoms with Crippen molar-refractivity contribution in [2.24, 2.45) is 0 Å². The summed E-state index contributed by atoms with van der Waals surface area (Å²) in [6, 6.07) is 8.12. The number of rotatable bonds is 17. The number of carbonyl (C=O) groups excluding carboxylic acids is 1. The van der Waals surface area contributed by atoms with Crippen LogP contribution in [0.1, 0.15) is 96.1 Å². The summed E-state index contributed by atoms with van der Waals surface area (Å²) in [6.07, 6.45) is 14.2. The molecular formula is C25H40O4S. The molecule has 0 aliphatic heterocycles. The van der Waals surface area contributed by atoms with Crippen LogP contribution in [0, 0.1) is 0 Å². The molecule has 0 radical (unpaired) electrons. The van der Waals surface area contributed by atoms with Gasteiger partial charge in [-0.1, -0.05) is 89.0 Å². The zero-order valence-corrected chi connectivity index (χ0v) is 19.8. The van der Waals surface area contributed by atoms with E-state index in [2.05, 4.69) is 13.0 Å². The third-order valence-corrected chi connectivity index (χ3v) is 6.59. The van der Waals surface area contributed by atoms with Crippen molar-refractivity contribution in [3.8, 4) is 0 Å². The lowest BCUT2D eigenvalue weighted by Crippen LogP contribution is -2.23. The van der Waals surface area contributed by atoms with E-state index in [1.165, 1.54) is 63.4 Å². The number of unbranched alkanes of at least 4 members (excludes halogenated alkanes) is 9. The SMILES string of the molecule is CCCCCCCCCCCCc1ccccc1COC(=O)C(C)SC(C)C(=O)O. The smallest absolute Gasteiger partial charge is 0.319 e. The van der Waals surface area contributed by atoms with Crippen LogP contribution >= 0.6 is 11.8 Å². The molecule has 30 heavy (non-hydrogen) atoms. The number of aliphatic carboxylic acids is 1. The van der Waals surface area contributed by atoms with E-state index in [0.29, 0.717) is 0 Å². The highest BCUT2D eigenvalue weighted by atomic mass is 32.2. The second kappa shape index (κ2) is 16.2. The van der Waals surface area contributed by atoms with Gasteiger partial charge in [0.2, 0.25) is 0 Å². The van der Waals surface area contributed by atoms with Gasteiger partial charge < -0.3 is 9.84 Å². The van der Waals surface area contributed by atoms with Crippen LogP contribution in [0.4, 0.5) is 0 Å². The highest BCUT2D eigenvalue weighted by molar-refractivity contribution is 8.01. The highest BCUT2D eigenvalue weighted by Gasteiger charge is 2.22. The Labute approximate surface area is 187 Å². The van der Waals surface area contributed by atoms with Gasteiger partial charge in [0.15, 0.2) is 0 Å². The summed E-state index contributed by atoms with van der Waals surface area (Å²) in [6.45, 7) is 5.78. The molecule has 0 aliphatic carbocycles. The molecule has 0 fully saturated rings. The quantitative estimate of drug-likeness (QED) is 0.215. The second-order valence-electron chi connectivity index (χ2n) is 8.07. The average molecular weight is 437 g/mol. The minimum absolute atomic E-state index is 0.249. The summed E-state index contributed by atoms with van der Waals surface area (Å²) in [5.41, 5.74) is 2.29. The summed E-state index contributed by atoms with van der Waals surface area (Å²) in [7, 11) is 0. The molecule has 0 saturated heterocycles. The molecule has 4 nitrogen and oxygen atoms in total. The number of carboxylic acids is 1. The van der Waals surface area contributed by atoms with Gasteiger partial charge in [0, 0.05) is 0 Å². The zero-order chi connectivity index (χ0) is 22.2. The van der Waals surface area contributed by atoms with Gasteiger partial charge in [0.1, 0.15) is 17.1 Å². The van der Waals surface area contributed by atoms with E-state index in [0.717, 1.165) is 30.2 Å². The number of benzene rings is 1. The van der Waals surface area contributed by atoms with Gasteiger partial charge in [-0.25, -0.2) is 0 Å². The van der Waals surface area contributed by atoms with Crippen molar-refractivity contribution in [1.29, 1.82) is 0 Å². The fourth-order valence-corrected chi connectivity index (χ4v) is 4.34. The Morgan fingerprint density at radius 1 is 0.867 bits per heavy atom. The Morgan fingerprint density at radius 2 is 1.40 bits per heavy atom. The summed E-state index contributed by atoms with van der Waals surface area (Å²) in [5, 5.41) is 7.85. The molecular weight excluding hydrogens is 396 g/mol. The maximum absolute atomic E-state index is 12.2. The molecule has 0 spiro atoms. The Bertz CT molecular complexity index is 617. The van der Waals surface area contributed by atoms with Gasteiger partial charge in [-0.05, 0) is 37.8 Å². The van der Waals surface area contributed by atoms with E-state index in [-0.39, 0.29) is 12.6 Å². The number of carboxylic acid groups (broad SMARTS) is 1. The monoisotopic (exact) mass is 436 g/mol. The normalized spacial score (nSPS) is 13.0. The van der Waals surface area contributed by atoms with Crippen LogP contribution in [-0.4, -0.2) is 27.5 Å². The van der Waals surface area contributed by atoms with Gasteiger partial charge in [-0.15, -0.1) is 11.8 Å². The number of ether oxygens (including phenoxy) is 1. The summed E-state index contributed by atoms with van der Waals surface area (Å²) < 4.78 is 5.46. The topological polar surface area (TPSA) is 63.6 Å². The van der Waals surface area contributed by atoms with E-state index in [1.807, 2.05) is 18.2 Å². The van der Waals surface area contributed by atoms with E-state index < -0.39 is 16.5 Å². The van der Waals surface area contributed by atoms with Crippen LogP contribution in [0.2, 0.25) is 0 Å². The lowest BCUT2D eigenvalue weighted by Gasteiger charge is -2.15. The third-order valence-electron chi connectivity index (χ3n) is 5.38. The van der Waals surface area contributed by atoms with E-state index in [1.54, 1.807) is 13.8 Å². The lowest BCUT2D eigenvalue weighted by molar-refractivity contribution is -0.143. The fraction of sp³-hybridized carbons (Fsp3) is 0.680. The lowest BCUT2D eigenvalue weighted by atomic mass is 10.0. The molecule has 1 N–H and O–H groups in total. The van der Waals surface area contributed by atoms with Crippen LogP contribution in [0.3, 0.4) is 0 Å². The average Bonchev–Trinajstić information content (AvgIpc) is 2.73. The summed E-state index contributed by atoms with van der Waals surface area (Å²) >= 11 is 1.11. The molecule has 2 atom stereocenters. The number of thioether (sulfide) groups is 1. The maximum atomic E-state index is 12.2. The van der Waals surface area contributed by atoms with Crippen molar-refractivity contribution in [2.45, 2.75) is 109 Å². The van der Waals surface area contributed by atoms with Crippen molar-refractivity contribution in [3.63, 3.8) is 0 Å². The Morgan fingerprint density at radius 3 is 1.97 bits per heavy atom. The number of esters is 1. The molecule has 2 unspecified atom stereocenters. The maximum Gasteiger partial charge on any atom is 0.319 e. The number of hydrogen-bond acceptors (Lipinski definition) is 4. The van der Waals surface area contributed by atoms with Crippen LogP contribution in [0.25, 0.3) is 0 Å². The van der Waals surface area contributed by atoms with E-state index in [4.69, 9.17) is 9.84 Å². The molecule has 1 aromatic rings. The van der Waals surface area contributed by atoms with Crippen LogP contribution in [0.5, 0.6) is 0 Å². The number of carbonyl (C=O) groups is 2. The van der Waals surface area contributed by atoms with E-state index in [9.17, 15) is 9.59 Å². The second-order valence-corrected chi connectivity index (χ2v) is 9.75. The van der Waals surface area contributed by atoms with Crippen molar-refractivity contribution >= 4 is 23.7 Å². The van der Waals surface area contributed by atoms with Gasteiger partial charge in [-0.3, -0.25) is 9.59 Å². The molecule has 5 heteroatoms. The molecule has 1 rings (SSSR count). The standard InChI is InChI=1S/C25H40O4S/c1-4-5-6-7-8-9-10-11-12-13-16-22-17-14-15-18-23(22)19-29-25(28)21(3)30-20(2)24(26)27/h14-15,17-18,20-21H,4-13,16,19H2,1-3H3,(H,26,27). The van der Waals surface area contributed by atoms with Crippen molar-refractivity contribution < 1.29 is 19.4 Å². The predicted octanol–water partition coefficient (Wildman–Crippen LogP) is 6.79. The Kier molecular flexibility index (Phi) is 14.4. The summed E-state index contributed by atoms with van der Waals surface area (Å²) in [4.78, 5) is 23.1. The molecule has 0 aliphatic rings. The molecule has 0 bridgehead atoms.